The molecule has 130 valence electrons. The Bertz CT molecular complexity index is 888. The lowest BCUT2D eigenvalue weighted by molar-refractivity contribution is -0.00566. The number of ether oxygens (including phenoxy) is 2. The zero-order chi connectivity index (χ0) is 17.2. The quantitative estimate of drug-likeness (QED) is 0.778. The number of aromatic amines is 1. The smallest absolute Gasteiger partial charge is 0.255 e. The fraction of sp³-hybridized carbons (Fsp3) is 0.353. The van der Waals surface area contributed by atoms with E-state index in [1.165, 1.54) is 0 Å². The molecule has 1 aromatic carbocycles. The zero-order valence-electron chi connectivity index (χ0n) is 13.8. The number of fused-ring (bicyclic) bond motifs is 1. The number of benzene rings is 1. The summed E-state index contributed by atoms with van der Waals surface area (Å²) >= 11 is 0. The Morgan fingerprint density at radius 1 is 1.44 bits per heavy atom. The molecule has 1 N–H and O–H groups in total. The van der Waals surface area contributed by atoms with E-state index in [0.29, 0.717) is 37.0 Å². The van der Waals surface area contributed by atoms with Gasteiger partial charge in [-0.1, -0.05) is 11.2 Å². The third-order valence-corrected chi connectivity index (χ3v) is 4.26. The largest absolute Gasteiger partial charge is 0.377 e. The van der Waals surface area contributed by atoms with Gasteiger partial charge in [-0.25, -0.2) is 0 Å². The van der Waals surface area contributed by atoms with Gasteiger partial charge in [-0.3, -0.25) is 4.79 Å². The predicted molar refractivity (Wildman–Crippen MR) is 87.9 cm³/mol. The van der Waals surface area contributed by atoms with Crippen molar-refractivity contribution < 1.29 is 18.8 Å². The summed E-state index contributed by atoms with van der Waals surface area (Å²) in [5, 5.41) is 4.89. The molecule has 8 heteroatoms. The third-order valence-electron chi connectivity index (χ3n) is 4.26. The molecule has 0 spiro atoms. The summed E-state index contributed by atoms with van der Waals surface area (Å²) in [6.07, 6.45) is 1.83. The van der Waals surface area contributed by atoms with Gasteiger partial charge in [0, 0.05) is 36.3 Å². The second-order valence-electron chi connectivity index (χ2n) is 5.81. The second-order valence-corrected chi connectivity index (χ2v) is 5.81. The number of carbonyl (C=O) groups excluding carboxylic acids is 1. The van der Waals surface area contributed by atoms with Crippen molar-refractivity contribution in [2.45, 2.75) is 12.6 Å². The summed E-state index contributed by atoms with van der Waals surface area (Å²) in [4.78, 5) is 22.4. The zero-order valence-corrected chi connectivity index (χ0v) is 13.8. The molecule has 1 saturated heterocycles. The number of carbonyl (C=O) groups is 1. The lowest BCUT2D eigenvalue weighted by Gasteiger charge is -2.33. The fourth-order valence-corrected chi connectivity index (χ4v) is 3.07. The minimum Gasteiger partial charge on any atom is -0.377 e. The monoisotopic (exact) mass is 342 g/mol. The topological polar surface area (TPSA) is 93.5 Å². The summed E-state index contributed by atoms with van der Waals surface area (Å²) in [7, 11) is 1.56. The number of morpholine rings is 1. The molecule has 1 amide bonds. The molecule has 1 aliphatic rings. The van der Waals surface area contributed by atoms with E-state index in [-0.39, 0.29) is 18.6 Å². The Balaban J connectivity index is 1.66. The van der Waals surface area contributed by atoms with Crippen LogP contribution in [0.3, 0.4) is 0 Å². The van der Waals surface area contributed by atoms with Gasteiger partial charge in [0.15, 0.2) is 5.82 Å². The molecular weight excluding hydrogens is 324 g/mol. The van der Waals surface area contributed by atoms with Crippen molar-refractivity contribution in [2.75, 3.05) is 26.9 Å². The second kappa shape index (κ2) is 6.66. The van der Waals surface area contributed by atoms with Crippen molar-refractivity contribution in [1.82, 2.24) is 20.0 Å². The molecule has 2 aromatic heterocycles. The molecule has 0 aliphatic carbocycles. The van der Waals surface area contributed by atoms with E-state index in [2.05, 4.69) is 15.1 Å². The Kier molecular flexibility index (Phi) is 4.21. The molecule has 0 saturated carbocycles. The highest BCUT2D eigenvalue weighted by Gasteiger charge is 2.33. The number of amides is 1. The van der Waals surface area contributed by atoms with Crippen LogP contribution in [-0.4, -0.2) is 52.8 Å². The van der Waals surface area contributed by atoms with Gasteiger partial charge in [0.05, 0.1) is 13.2 Å². The lowest BCUT2D eigenvalue weighted by atomic mass is 10.1. The van der Waals surface area contributed by atoms with E-state index in [9.17, 15) is 4.79 Å². The first kappa shape index (κ1) is 15.8. The maximum Gasteiger partial charge on any atom is 0.255 e. The number of methoxy groups -OCH3 is 1. The highest BCUT2D eigenvalue weighted by molar-refractivity contribution is 6.06. The minimum atomic E-state index is -0.384. The number of hydrogen-bond donors (Lipinski definition) is 1. The van der Waals surface area contributed by atoms with Gasteiger partial charge in [0.25, 0.3) is 11.8 Å². The fourth-order valence-electron chi connectivity index (χ4n) is 3.07. The minimum absolute atomic E-state index is 0.0726. The first-order valence-electron chi connectivity index (χ1n) is 8.04. The molecular formula is C17H18N4O4. The summed E-state index contributed by atoms with van der Waals surface area (Å²) in [5.41, 5.74) is 1.57. The van der Waals surface area contributed by atoms with E-state index >= 15 is 0 Å². The molecule has 3 heterocycles. The third kappa shape index (κ3) is 2.90. The number of aromatic nitrogens is 3. The highest BCUT2D eigenvalue weighted by Crippen LogP contribution is 2.27. The first-order valence-corrected chi connectivity index (χ1v) is 8.04. The van der Waals surface area contributed by atoms with E-state index < -0.39 is 0 Å². The SMILES string of the molecule is COCc1nc(C2COCCN2C(=O)c2cccc3[nH]ccc23)no1. The summed E-state index contributed by atoms with van der Waals surface area (Å²) in [6.45, 7) is 1.52. The maximum atomic E-state index is 13.2. The van der Waals surface area contributed by atoms with Crippen LogP contribution in [0.15, 0.2) is 35.0 Å². The molecule has 1 atom stereocenters. The molecule has 8 nitrogen and oxygen atoms in total. The summed E-state index contributed by atoms with van der Waals surface area (Å²) in [5.74, 6) is 0.737. The van der Waals surface area contributed by atoms with Crippen LogP contribution in [0.4, 0.5) is 0 Å². The van der Waals surface area contributed by atoms with Gasteiger partial charge in [-0.05, 0) is 18.2 Å². The molecule has 0 radical (unpaired) electrons. The molecule has 3 aromatic rings. The van der Waals surface area contributed by atoms with Crippen LogP contribution in [0, 0.1) is 0 Å². The Morgan fingerprint density at radius 2 is 2.36 bits per heavy atom. The number of H-pyrrole nitrogens is 1. The summed E-state index contributed by atoms with van der Waals surface area (Å²) in [6, 6.07) is 7.16. The lowest BCUT2D eigenvalue weighted by Crippen LogP contribution is -2.43. The van der Waals surface area contributed by atoms with Crippen LogP contribution in [0.25, 0.3) is 10.9 Å². The molecule has 0 bridgehead atoms. The van der Waals surface area contributed by atoms with Crippen molar-refractivity contribution in [3.63, 3.8) is 0 Å². The van der Waals surface area contributed by atoms with E-state index in [0.717, 1.165) is 10.9 Å². The van der Waals surface area contributed by atoms with Gasteiger partial charge in [0.2, 0.25) is 0 Å². The van der Waals surface area contributed by atoms with E-state index in [4.69, 9.17) is 14.0 Å². The Hall–Kier alpha value is -2.71. The number of nitrogens with zero attached hydrogens (tertiary/aromatic N) is 3. The molecule has 1 aliphatic heterocycles. The van der Waals surface area contributed by atoms with E-state index in [1.807, 2.05) is 30.5 Å². The van der Waals surface area contributed by atoms with Crippen molar-refractivity contribution in [2.24, 2.45) is 0 Å². The standard InChI is InChI=1S/C17H18N4O4/c1-23-10-15-19-16(20-25-15)14-9-24-8-7-21(14)17(22)12-3-2-4-13-11(12)5-6-18-13/h2-6,14,18H,7-10H2,1H3. The van der Waals surface area contributed by atoms with Crippen LogP contribution < -0.4 is 0 Å². The maximum absolute atomic E-state index is 13.2. The van der Waals surface area contributed by atoms with Crippen molar-refractivity contribution in [3.8, 4) is 0 Å². The van der Waals surface area contributed by atoms with E-state index in [1.54, 1.807) is 12.0 Å². The average Bonchev–Trinajstić information content (AvgIpc) is 3.30. The van der Waals surface area contributed by atoms with Gasteiger partial charge >= 0.3 is 0 Å². The Labute approximate surface area is 143 Å². The molecule has 25 heavy (non-hydrogen) atoms. The Morgan fingerprint density at radius 3 is 3.24 bits per heavy atom. The van der Waals surface area contributed by atoms with Gasteiger partial charge < -0.3 is 23.9 Å². The van der Waals surface area contributed by atoms with Crippen LogP contribution in [-0.2, 0) is 16.1 Å². The first-order chi connectivity index (χ1) is 12.3. The average molecular weight is 342 g/mol. The van der Waals surface area contributed by atoms with Crippen molar-refractivity contribution >= 4 is 16.8 Å². The van der Waals surface area contributed by atoms with Crippen LogP contribution in [0.2, 0.25) is 0 Å². The number of nitrogens with one attached hydrogen (secondary N) is 1. The van der Waals surface area contributed by atoms with Crippen molar-refractivity contribution in [3.05, 3.63) is 47.7 Å². The molecule has 4 rings (SSSR count). The van der Waals surface area contributed by atoms with Crippen molar-refractivity contribution in [1.29, 1.82) is 0 Å². The van der Waals surface area contributed by atoms with Gasteiger partial charge in [-0.15, -0.1) is 0 Å². The normalized spacial score (nSPS) is 18.0. The highest BCUT2D eigenvalue weighted by atomic mass is 16.5. The number of rotatable bonds is 4. The number of hydrogen-bond acceptors (Lipinski definition) is 6. The van der Waals surface area contributed by atoms with Crippen LogP contribution in [0.1, 0.15) is 28.1 Å². The van der Waals surface area contributed by atoms with Crippen LogP contribution >= 0.6 is 0 Å². The van der Waals surface area contributed by atoms with Gasteiger partial charge in [0.1, 0.15) is 12.6 Å². The molecule has 1 fully saturated rings. The summed E-state index contributed by atoms with van der Waals surface area (Å²) < 4.78 is 15.7. The van der Waals surface area contributed by atoms with Gasteiger partial charge in [-0.2, -0.15) is 4.98 Å². The van der Waals surface area contributed by atoms with Crippen LogP contribution in [0.5, 0.6) is 0 Å². The predicted octanol–water partition coefficient (Wildman–Crippen LogP) is 1.91. The molecule has 1 unspecified atom stereocenters.